The Hall–Kier alpha value is -1.27. The van der Waals surface area contributed by atoms with Crippen LogP contribution in [-0.4, -0.2) is 15.0 Å². The van der Waals surface area contributed by atoms with Crippen LogP contribution >= 0.6 is 0 Å². The third kappa shape index (κ3) is 2.40. The van der Waals surface area contributed by atoms with Crippen LogP contribution in [0.15, 0.2) is 18.2 Å². The summed E-state index contributed by atoms with van der Waals surface area (Å²) in [4.78, 5) is 0. The smallest absolute Gasteiger partial charge is 0.296 e. The van der Waals surface area contributed by atoms with Gasteiger partial charge in [-0.05, 0) is 24.5 Å². The summed E-state index contributed by atoms with van der Waals surface area (Å²) in [5, 5.41) is 8.11. The normalized spacial score (nSPS) is 15.3. The van der Waals surface area contributed by atoms with Crippen LogP contribution in [0.1, 0.15) is 12.0 Å². The standard InChI is InChI=1S/C9H13N3O2S/c10-15(13,14)12-8-5-1-3-7-4-2-6-11-9(7)8/h1,3,5,11-12H,2,4,6H2,(H2,10,13,14). The number of rotatable bonds is 2. The highest BCUT2D eigenvalue weighted by molar-refractivity contribution is 7.90. The summed E-state index contributed by atoms with van der Waals surface area (Å²) in [6.07, 6.45) is 2.02. The maximum absolute atomic E-state index is 10.9. The molecule has 0 unspecified atom stereocenters. The summed E-state index contributed by atoms with van der Waals surface area (Å²) >= 11 is 0. The second-order valence-corrected chi connectivity index (χ2v) is 4.81. The van der Waals surface area contributed by atoms with Gasteiger partial charge in [-0.3, -0.25) is 4.72 Å². The van der Waals surface area contributed by atoms with Gasteiger partial charge < -0.3 is 5.32 Å². The number of anilines is 2. The SMILES string of the molecule is NS(=O)(=O)Nc1cccc2c1NCCC2. The molecule has 82 valence electrons. The zero-order valence-electron chi connectivity index (χ0n) is 8.16. The number of hydrogen-bond donors (Lipinski definition) is 3. The minimum Gasteiger partial charge on any atom is -0.383 e. The van der Waals surface area contributed by atoms with Crippen molar-refractivity contribution >= 4 is 21.6 Å². The summed E-state index contributed by atoms with van der Waals surface area (Å²) in [7, 11) is -3.70. The lowest BCUT2D eigenvalue weighted by Crippen LogP contribution is -2.23. The molecule has 5 nitrogen and oxygen atoms in total. The van der Waals surface area contributed by atoms with Crippen molar-refractivity contribution in [3.05, 3.63) is 23.8 Å². The molecule has 6 heteroatoms. The number of fused-ring (bicyclic) bond motifs is 1. The Balaban J connectivity index is 2.39. The van der Waals surface area contributed by atoms with Crippen molar-refractivity contribution in [2.45, 2.75) is 12.8 Å². The van der Waals surface area contributed by atoms with Crippen molar-refractivity contribution < 1.29 is 8.42 Å². The van der Waals surface area contributed by atoms with Crippen LogP contribution in [0.4, 0.5) is 11.4 Å². The van der Waals surface area contributed by atoms with Gasteiger partial charge in [0.2, 0.25) is 0 Å². The molecule has 1 aromatic rings. The molecule has 0 amide bonds. The van der Waals surface area contributed by atoms with Crippen LogP contribution in [0.3, 0.4) is 0 Å². The Morgan fingerprint density at radius 3 is 2.93 bits per heavy atom. The summed E-state index contributed by atoms with van der Waals surface area (Å²) in [5.74, 6) is 0. The van der Waals surface area contributed by atoms with Gasteiger partial charge in [-0.25, -0.2) is 5.14 Å². The molecular formula is C9H13N3O2S. The number of nitrogens with two attached hydrogens (primary N) is 1. The summed E-state index contributed by atoms with van der Waals surface area (Å²) in [5.41, 5.74) is 2.49. The van der Waals surface area contributed by atoms with Gasteiger partial charge in [-0.15, -0.1) is 0 Å². The largest absolute Gasteiger partial charge is 0.383 e. The quantitative estimate of drug-likeness (QED) is 0.694. The van der Waals surface area contributed by atoms with Crippen LogP contribution < -0.4 is 15.2 Å². The molecule has 0 atom stereocenters. The molecule has 0 saturated heterocycles. The van der Waals surface area contributed by atoms with E-state index in [9.17, 15) is 8.42 Å². The number of benzene rings is 1. The summed E-state index contributed by atoms with van der Waals surface area (Å²) in [6.45, 7) is 0.857. The van der Waals surface area contributed by atoms with E-state index in [0.717, 1.165) is 30.6 Å². The van der Waals surface area contributed by atoms with Gasteiger partial charge >= 0.3 is 0 Å². The van der Waals surface area contributed by atoms with Crippen molar-refractivity contribution in [1.29, 1.82) is 0 Å². The van der Waals surface area contributed by atoms with Crippen molar-refractivity contribution in [3.8, 4) is 0 Å². The van der Waals surface area contributed by atoms with Crippen LogP contribution in [0.2, 0.25) is 0 Å². The Bertz CT molecular complexity index is 470. The molecule has 15 heavy (non-hydrogen) atoms. The van der Waals surface area contributed by atoms with Gasteiger partial charge in [0.25, 0.3) is 10.2 Å². The van der Waals surface area contributed by atoms with Crippen LogP contribution in [0.25, 0.3) is 0 Å². The van der Waals surface area contributed by atoms with Crippen LogP contribution in [0, 0.1) is 0 Å². The third-order valence-electron chi connectivity index (χ3n) is 2.33. The maximum atomic E-state index is 10.9. The molecule has 1 aromatic carbocycles. The van der Waals surface area contributed by atoms with Gasteiger partial charge in [0.05, 0.1) is 11.4 Å². The minimum atomic E-state index is -3.70. The van der Waals surface area contributed by atoms with Gasteiger partial charge in [-0.2, -0.15) is 8.42 Å². The molecular weight excluding hydrogens is 214 g/mol. The first kappa shape index (κ1) is 10.3. The number of para-hydroxylation sites is 1. The maximum Gasteiger partial charge on any atom is 0.296 e. The summed E-state index contributed by atoms with van der Waals surface area (Å²) in [6, 6.07) is 5.50. The topological polar surface area (TPSA) is 84.2 Å². The van der Waals surface area contributed by atoms with Crippen LogP contribution in [-0.2, 0) is 16.6 Å². The number of aryl methyl sites for hydroxylation is 1. The van der Waals surface area contributed by atoms with Gasteiger partial charge in [0.1, 0.15) is 0 Å². The monoisotopic (exact) mass is 227 g/mol. The van der Waals surface area contributed by atoms with E-state index in [1.165, 1.54) is 0 Å². The molecule has 0 aliphatic carbocycles. The fourth-order valence-corrected chi connectivity index (χ4v) is 2.22. The molecule has 2 rings (SSSR count). The van der Waals surface area contributed by atoms with Crippen molar-refractivity contribution in [1.82, 2.24) is 0 Å². The van der Waals surface area contributed by atoms with E-state index in [4.69, 9.17) is 5.14 Å². The predicted molar refractivity (Wildman–Crippen MR) is 60.0 cm³/mol. The second-order valence-electron chi connectivity index (χ2n) is 3.52. The first-order valence-electron chi connectivity index (χ1n) is 4.72. The van der Waals surface area contributed by atoms with E-state index in [-0.39, 0.29) is 0 Å². The average Bonchev–Trinajstić information content (AvgIpc) is 2.16. The first-order valence-corrected chi connectivity index (χ1v) is 6.27. The molecule has 1 aliphatic rings. The second kappa shape index (κ2) is 3.71. The third-order valence-corrected chi connectivity index (χ3v) is 2.83. The van der Waals surface area contributed by atoms with E-state index in [1.54, 1.807) is 6.07 Å². The predicted octanol–water partition coefficient (Wildman–Crippen LogP) is 0.660. The molecule has 0 saturated carbocycles. The van der Waals surface area contributed by atoms with E-state index >= 15 is 0 Å². The van der Waals surface area contributed by atoms with Crippen molar-refractivity contribution in [2.75, 3.05) is 16.6 Å². The lowest BCUT2D eigenvalue weighted by molar-refractivity contribution is 0.603. The van der Waals surface area contributed by atoms with E-state index < -0.39 is 10.2 Å². The molecule has 1 aliphatic heterocycles. The van der Waals surface area contributed by atoms with Gasteiger partial charge in [0, 0.05) is 6.54 Å². The molecule has 4 N–H and O–H groups in total. The van der Waals surface area contributed by atoms with Crippen LogP contribution in [0.5, 0.6) is 0 Å². The average molecular weight is 227 g/mol. The Morgan fingerprint density at radius 2 is 2.20 bits per heavy atom. The Kier molecular flexibility index (Phi) is 2.54. The molecule has 0 spiro atoms. The molecule has 0 fully saturated rings. The highest BCUT2D eigenvalue weighted by Crippen LogP contribution is 2.30. The lowest BCUT2D eigenvalue weighted by atomic mass is 10.0. The van der Waals surface area contributed by atoms with E-state index in [2.05, 4.69) is 10.0 Å². The fourth-order valence-electron chi connectivity index (χ4n) is 1.75. The molecule has 0 bridgehead atoms. The van der Waals surface area contributed by atoms with Gasteiger partial charge in [-0.1, -0.05) is 12.1 Å². The summed E-state index contributed by atoms with van der Waals surface area (Å²) < 4.78 is 24.1. The molecule has 0 radical (unpaired) electrons. The zero-order valence-corrected chi connectivity index (χ0v) is 8.97. The minimum absolute atomic E-state index is 0.523. The number of hydrogen-bond acceptors (Lipinski definition) is 3. The van der Waals surface area contributed by atoms with E-state index in [0.29, 0.717) is 5.69 Å². The highest BCUT2D eigenvalue weighted by atomic mass is 32.2. The Morgan fingerprint density at radius 1 is 1.40 bits per heavy atom. The Labute approximate surface area is 88.9 Å². The highest BCUT2D eigenvalue weighted by Gasteiger charge is 2.14. The molecule has 1 heterocycles. The van der Waals surface area contributed by atoms with Crippen molar-refractivity contribution in [3.63, 3.8) is 0 Å². The zero-order chi connectivity index (χ0) is 10.9. The van der Waals surface area contributed by atoms with E-state index in [1.807, 2.05) is 12.1 Å². The van der Waals surface area contributed by atoms with Crippen molar-refractivity contribution in [2.24, 2.45) is 5.14 Å². The fraction of sp³-hybridized carbons (Fsp3) is 0.333. The lowest BCUT2D eigenvalue weighted by Gasteiger charge is -2.21. The first-order chi connectivity index (χ1) is 7.06. The molecule has 0 aromatic heterocycles. The van der Waals surface area contributed by atoms with Gasteiger partial charge in [0.15, 0.2) is 0 Å². The number of nitrogens with one attached hydrogen (secondary N) is 2.